The first-order valence-corrected chi connectivity index (χ1v) is 14.2. The van der Waals surface area contributed by atoms with Gasteiger partial charge in [0.25, 0.3) is 5.91 Å². The number of amidine groups is 1. The van der Waals surface area contributed by atoms with Crippen LogP contribution in [0.1, 0.15) is 65.7 Å². The van der Waals surface area contributed by atoms with Gasteiger partial charge in [-0.2, -0.15) is 0 Å². The molecule has 3 aliphatic heterocycles. The molecule has 2 aromatic rings. The van der Waals surface area contributed by atoms with Crippen LogP contribution in [-0.2, 0) is 4.84 Å². The van der Waals surface area contributed by atoms with Crippen LogP contribution >= 0.6 is 22.9 Å². The van der Waals surface area contributed by atoms with Gasteiger partial charge < -0.3 is 15.1 Å². The number of carbonyl (C=O) groups excluding carboxylic acids is 1. The largest absolute Gasteiger partial charge is 0.371 e. The van der Waals surface area contributed by atoms with E-state index in [4.69, 9.17) is 21.8 Å². The maximum Gasteiger partial charge on any atom is 0.261 e. The molecule has 0 bridgehead atoms. The van der Waals surface area contributed by atoms with Gasteiger partial charge in [0.2, 0.25) is 0 Å². The predicted molar refractivity (Wildman–Crippen MR) is 147 cm³/mol. The van der Waals surface area contributed by atoms with E-state index in [2.05, 4.69) is 38.8 Å². The fourth-order valence-electron chi connectivity index (χ4n) is 5.14. The first-order valence-electron chi connectivity index (χ1n) is 13.0. The first-order chi connectivity index (χ1) is 17.6. The molecule has 0 radical (unpaired) electrons. The Hall–Kier alpha value is -2.55. The summed E-state index contributed by atoms with van der Waals surface area (Å²) in [4.78, 5) is 23.5. The van der Waals surface area contributed by atoms with Gasteiger partial charge in [-0.15, -0.1) is 11.3 Å². The van der Waals surface area contributed by atoms with Gasteiger partial charge in [-0.3, -0.25) is 20.5 Å². The molecule has 1 unspecified atom stereocenters. The van der Waals surface area contributed by atoms with Crippen molar-refractivity contribution in [1.29, 1.82) is 5.41 Å². The van der Waals surface area contributed by atoms with E-state index in [0.717, 1.165) is 61.5 Å². The highest BCUT2D eigenvalue weighted by molar-refractivity contribution is 7.18. The molecule has 4 heterocycles. The average Bonchev–Trinajstić information content (AvgIpc) is 3.48. The third-order valence-corrected chi connectivity index (χ3v) is 8.34. The Morgan fingerprint density at radius 3 is 2.50 bits per heavy atom. The average molecular weight is 528 g/mol. The van der Waals surface area contributed by atoms with Crippen molar-refractivity contribution in [3.8, 4) is 0 Å². The molecule has 1 amide bonds. The van der Waals surface area contributed by atoms with Gasteiger partial charge in [0.1, 0.15) is 11.9 Å². The molecular formula is C27H34ClN5O2S. The Morgan fingerprint density at radius 2 is 1.78 bits per heavy atom. The standard InChI is InChI=1S/C27H34ClN5O2S/c28-25-11-10-24(36-25)27(34)30-18-20-17-22(31-35-20)21-9-8-19(26(29)33-14-6-3-7-15-33)16-23(21)32-12-4-1-2-5-13-32/h8-11,16-17,20,29,31H,1-7,12-15,18H2,(H,30,34). The van der Waals surface area contributed by atoms with E-state index < -0.39 is 0 Å². The summed E-state index contributed by atoms with van der Waals surface area (Å²) in [6, 6.07) is 9.83. The minimum atomic E-state index is -0.275. The smallest absolute Gasteiger partial charge is 0.261 e. The number of halogens is 1. The van der Waals surface area contributed by atoms with Crippen molar-refractivity contribution in [2.75, 3.05) is 37.6 Å². The van der Waals surface area contributed by atoms with Gasteiger partial charge in [0, 0.05) is 43.0 Å². The number of nitrogens with zero attached hydrogens (tertiary/aromatic N) is 2. The van der Waals surface area contributed by atoms with Crippen molar-refractivity contribution in [2.24, 2.45) is 0 Å². The number of amides is 1. The highest BCUT2D eigenvalue weighted by atomic mass is 35.5. The number of thiophene rings is 1. The SMILES string of the molecule is N=C(c1ccc(C2=CC(CNC(=O)c3ccc(Cl)s3)ON2)c(N2CCCCCC2)c1)N1CCCCC1. The fourth-order valence-corrected chi connectivity index (χ4v) is 6.09. The summed E-state index contributed by atoms with van der Waals surface area (Å²) in [6.07, 6.45) is 10.2. The van der Waals surface area contributed by atoms with Gasteiger partial charge in [-0.25, -0.2) is 0 Å². The number of nitrogens with one attached hydrogen (secondary N) is 3. The van der Waals surface area contributed by atoms with Crippen molar-refractivity contribution in [2.45, 2.75) is 51.0 Å². The van der Waals surface area contributed by atoms with E-state index in [1.165, 1.54) is 43.4 Å². The molecule has 5 rings (SSSR count). The Morgan fingerprint density at radius 1 is 1.06 bits per heavy atom. The molecule has 7 nitrogen and oxygen atoms in total. The van der Waals surface area contributed by atoms with Gasteiger partial charge in [-0.1, -0.05) is 36.6 Å². The highest BCUT2D eigenvalue weighted by Gasteiger charge is 2.24. The van der Waals surface area contributed by atoms with Crippen LogP contribution < -0.4 is 15.7 Å². The first kappa shape index (κ1) is 25.1. The number of rotatable bonds is 6. The third-order valence-electron chi connectivity index (χ3n) is 7.11. The lowest BCUT2D eigenvalue weighted by atomic mass is 10.0. The number of hydroxylamine groups is 1. The second-order valence-corrected chi connectivity index (χ2v) is 11.4. The van der Waals surface area contributed by atoms with Crippen LogP contribution in [0.15, 0.2) is 36.4 Å². The van der Waals surface area contributed by atoms with E-state index in [1.807, 2.05) is 6.08 Å². The van der Waals surface area contributed by atoms with Crippen LogP contribution in [0, 0.1) is 5.41 Å². The van der Waals surface area contributed by atoms with Crippen molar-refractivity contribution in [3.05, 3.63) is 56.7 Å². The summed E-state index contributed by atoms with van der Waals surface area (Å²) < 4.78 is 0.596. The van der Waals surface area contributed by atoms with Gasteiger partial charge in [0.05, 0.1) is 21.5 Å². The molecule has 3 aliphatic rings. The van der Waals surface area contributed by atoms with Crippen LogP contribution in [0.3, 0.4) is 0 Å². The molecule has 9 heteroatoms. The van der Waals surface area contributed by atoms with Crippen LogP contribution in [0.4, 0.5) is 5.69 Å². The van der Waals surface area contributed by atoms with Gasteiger partial charge in [0.15, 0.2) is 0 Å². The lowest BCUT2D eigenvalue weighted by Gasteiger charge is -2.31. The van der Waals surface area contributed by atoms with Crippen molar-refractivity contribution in [3.63, 3.8) is 0 Å². The number of benzene rings is 1. The molecule has 36 heavy (non-hydrogen) atoms. The summed E-state index contributed by atoms with van der Waals surface area (Å²) >= 11 is 7.22. The summed E-state index contributed by atoms with van der Waals surface area (Å²) in [5, 5.41) is 11.8. The highest BCUT2D eigenvalue weighted by Crippen LogP contribution is 2.32. The summed E-state index contributed by atoms with van der Waals surface area (Å²) in [5.74, 6) is 0.472. The molecule has 1 atom stereocenters. The normalized spacial score (nSPS) is 20.5. The van der Waals surface area contributed by atoms with E-state index in [0.29, 0.717) is 21.6 Å². The second kappa shape index (κ2) is 11.7. The quantitative estimate of drug-likeness (QED) is 0.352. The number of piperidine rings is 1. The van der Waals surface area contributed by atoms with E-state index in [1.54, 1.807) is 12.1 Å². The van der Waals surface area contributed by atoms with Crippen LogP contribution in [0.25, 0.3) is 5.70 Å². The molecule has 0 saturated carbocycles. The van der Waals surface area contributed by atoms with Crippen molar-refractivity contribution < 1.29 is 9.63 Å². The van der Waals surface area contributed by atoms with Crippen molar-refractivity contribution in [1.82, 2.24) is 15.7 Å². The predicted octanol–water partition coefficient (Wildman–Crippen LogP) is 5.27. The van der Waals surface area contributed by atoms with Crippen LogP contribution in [0.5, 0.6) is 0 Å². The number of carbonyl (C=O) groups is 1. The van der Waals surface area contributed by atoms with E-state index in [9.17, 15) is 4.79 Å². The maximum atomic E-state index is 12.4. The molecule has 2 fully saturated rings. The second-order valence-electron chi connectivity index (χ2n) is 9.68. The molecule has 0 spiro atoms. The molecule has 1 aromatic heterocycles. The molecule has 1 aromatic carbocycles. The third kappa shape index (κ3) is 5.88. The minimum absolute atomic E-state index is 0.150. The molecule has 2 saturated heterocycles. The lowest BCUT2D eigenvalue weighted by molar-refractivity contribution is 0.0499. The molecule has 3 N–H and O–H groups in total. The Labute approximate surface area is 221 Å². The number of hydrogen-bond donors (Lipinski definition) is 3. The zero-order chi connectivity index (χ0) is 24.9. The summed E-state index contributed by atoms with van der Waals surface area (Å²) in [6.45, 7) is 4.33. The van der Waals surface area contributed by atoms with Gasteiger partial charge in [-0.05, 0) is 56.4 Å². The molecular weight excluding hydrogens is 494 g/mol. The Kier molecular flexibility index (Phi) is 8.14. The number of hydrogen-bond acceptors (Lipinski definition) is 6. The van der Waals surface area contributed by atoms with Crippen LogP contribution in [0.2, 0.25) is 4.34 Å². The lowest BCUT2D eigenvalue weighted by Crippen LogP contribution is -2.36. The topological polar surface area (TPSA) is 80.7 Å². The van der Waals surface area contributed by atoms with Gasteiger partial charge >= 0.3 is 0 Å². The van der Waals surface area contributed by atoms with Crippen molar-refractivity contribution >= 4 is 46.1 Å². The van der Waals surface area contributed by atoms with E-state index >= 15 is 0 Å². The summed E-state index contributed by atoms with van der Waals surface area (Å²) in [5.41, 5.74) is 7.20. The fraction of sp³-hybridized carbons (Fsp3) is 0.481. The Bertz CT molecular complexity index is 1120. The minimum Gasteiger partial charge on any atom is -0.371 e. The number of anilines is 1. The zero-order valence-corrected chi connectivity index (χ0v) is 22.1. The monoisotopic (exact) mass is 527 g/mol. The molecule has 0 aliphatic carbocycles. The maximum absolute atomic E-state index is 12.4. The van der Waals surface area contributed by atoms with Crippen LogP contribution in [-0.4, -0.2) is 55.5 Å². The number of likely N-dealkylation sites (tertiary alicyclic amines) is 1. The van der Waals surface area contributed by atoms with E-state index in [-0.39, 0.29) is 12.0 Å². The summed E-state index contributed by atoms with van der Waals surface area (Å²) in [7, 11) is 0. The Balaban J connectivity index is 1.35. The molecule has 192 valence electrons. The zero-order valence-electron chi connectivity index (χ0n) is 20.5.